The molecule has 3 unspecified atom stereocenters. The summed E-state index contributed by atoms with van der Waals surface area (Å²) in [4.78, 5) is 44.4. The average Bonchev–Trinajstić information content (AvgIpc) is 3.82. The fraction of sp³-hybridized carbons (Fsp3) is 0.514. The fourth-order valence-corrected chi connectivity index (χ4v) is 9.11. The number of aromatic nitrogens is 3. The Kier molecular flexibility index (Phi) is 9.39. The summed E-state index contributed by atoms with van der Waals surface area (Å²) in [6.45, 7) is 9.33. The van der Waals surface area contributed by atoms with E-state index in [9.17, 15) is 20.0 Å². The number of carboxylic acid groups (broad SMARTS) is 1. The monoisotopic (exact) mass is 778 g/mol. The van der Waals surface area contributed by atoms with Crippen LogP contribution in [-0.4, -0.2) is 112 Å². The third kappa shape index (κ3) is 6.62. The molecule has 2 bridgehead atoms. The van der Waals surface area contributed by atoms with Gasteiger partial charge in [0.15, 0.2) is 11.6 Å². The second-order valence-corrected chi connectivity index (χ2v) is 16.4. The number of carbonyl (C=O) groups excluding carboxylic acids is 1. The van der Waals surface area contributed by atoms with Gasteiger partial charge in [-0.1, -0.05) is 0 Å². The van der Waals surface area contributed by atoms with Gasteiger partial charge in [-0.15, -0.1) is 11.3 Å². The van der Waals surface area contributed by atoms with Crippen LogP contribution in [0, 0.1) is 23.0 Å². The molecule has 0 radical (unpaired) electrons. The highest BCUT2D eigenvalue weighted by Crippen LogP contribution is 2.48. The third-order valence-electron chi connectivity index (χ3n) is 10.5. The number of piperazine rings is 1. The SMILES string of the molecule is CC(Oc1nc(N2C3CCC2CN(C(=O)O)C3)c2c3c(c(-c4ncc(F)c5sc(NC(=O)OC(C)(C)C)c(C#N)c45)c(F)c2n1)COC3)[C@H]1CN(C)CCO1. The number of rotatable bonds is 6. The summed E-state index contributed by atoms with van der Waals surface area (Å²) < 4.78 is 56.9. The van der Waals surface area contributed by atoms with Gasteiger partial charge in [0, 0.05) is 49.2 Å². The molecule has 15 nitrogen and oxygen atoms in total. The number of nitriles is 1. The molecule has 2 N–H and O–H groups in total. The van der Waals surface area contributed by atoms with Gasteiger partial charge in [0.1, 0.15) is 40.2 Å². The van der Waals surface area contributed by atoms with E-state index < -0.39 is 35.5 Å². The molecule has 0 saturated carbocycles. The first-order valence-electron chi connectivity index (χ1n) is 18.1. The summed E-state index contributed by atoms with van der Waals surface area (Å²) in [6, 6.07) is 1.51. The molecule has 2 amide bonds. The molecule has 3 aromatic heterocycles. The van der Waals surface area contributed by atoms with E-state index >= 15 is 8.78 Å². The molecule has 0 spiro atoms. The lowest BCUT2D eigenvalue weighted by molar-refractivity contribution is -0.0708. The van der Waals surface area contributed by atoms with Crippen molar-refractivity contribution in [3.8, 4) is 23.3 Å². The zero-order valence-electron chi connectivity index (χ0n) is 30.9. The van der Waals surface area contributed by atoms with Crippen molar-refractivity contribution < 1.29 is 42.4 Å². The molecule has 3 fully saturated rings. The number of amides is 2. The van der Waals surface area contributed by atoms with Gasteiger partial charge in [-0.25, -0.2) is 18.4 Å². The van der Waals surface area contributed by atoms with E-state index in [1.54, 1.807) is 20.8 Å². The number of benzene rings is 1. The molecule has 3 saturated heterocycles. The van der Waals surface area contributed by atoms with Gasteiger partial charge >= 0.3 is 18.2 Å². The van der Waals surface area contributed by atoms with Gasteiger partial charge in [-0.3, -0.25) is 10.3 Å². The lowest BCUT2D eigenvalue weighted by atomic mass is 9.93. The first kappa shape index (κ1) is 37.0. The quantitative estimate of drug-likeness (QED) is 0.238. The zero-order chi connectivity index (χ0) is 38.9. The minimum Gasteiger partial charge on any atom is -0.465 e. The van der Waals surface area contributed by atoms with Gasteiger partial charge in [0.25, 0.3) is 0 Å². The highest BCUT2D eigenvalue weighted by molar-refractivity contribution is 7.23. The van der Waals surface area contributed by atoms with E-state index in [0.717, 1.165) is 24.1 Å². The number of hydrogen-bond acceptors (Lipinski definition) is 13. The van der Waals surface area contributed by atoms with Gasteiger partial charge < -0.3 is 38.8 Å². The molecule has 4 aliphatic heterocycles. The fourth-order valence-electron chi connectivity index (χ4n) is 8.07. The standard InChI is InChI=1S/C37H40F2N8O7S/c1-17(24-14-45(5)8-9-52-24)53-34-42-30-27(32(43-34)47-18-6-7-19(47)13-46(12-18)36(49)50)22-16-51-15-21(22)25(28(30)39)29-26-20(10-40)33(44-35(48)54-37(2,3)4)55-31(26)23(38)11-41-29/h11,17-19,24H,6-9,12-16H2,1-5H3,(H,44,48)(H,49,50)/t17?,18?,19?,24-/m1/s1. The van der Waals surface area contributed by atoms with Crippen LogP contribution in [-0.2, 0) is 27.4 Å². The number of likely N-dealkylation sites (N-methyl/N-ethyl adjacent to an activating group) is 1. The van der Waals surface area contributed by atoms with E-state index in [1.165, 1.54) is 4.90 Å². The van der Waals surface area contributed by atoms with Crippen LogP contribution in [0.4, 0.5) is 29.2 Å². The first-order chi connectivity index (χ1) is 26.2. The van der Waals surface area contributed by atoms with E-state index in [2.05, 4.69) is 31.2 Å². The minimum atomic E-state index is -1.00. The predicted molar refractivity (Wildman–Crippen MR) is 197 cm³/mol. The Hall–Kier alpha value is -4.96. The first-order valence-corrected chi connectivity index (χ1v) is 18.9. The number of carbonyl (C=O) groups is 2. The number of morpholine rings is 1. The van der Waals surface area contributed by atoms with Gasteiger partial charge in [0.2, 0.25) is 0 Å². The topological polar surface area (TPSA) is 176 Å². The van der Waals surface area contributed by atoms with Gasteiger partial charge in [-0.05, 0) is 58.7 Å². The maximum atomic E-state index is 17.7. The second-order valence-electron chi connectivity index (χ2n) is 15.4. The summed E-state index contributed by atoms with van der Waals surface area (Å²) in [7, 11) is 1.99. The number of thiophene rings is 1. The van der Waals surface area contributed by atoms with Crippen molar-refractivity contribution in [1.29, 1.82) is 5.26 Å². The molecule has 0 aliphatic carbocycles. The number of halogens is 2. The van der Waals surface area contributed by atoms with Crippen LogP contribution in [0.5, 0.6) is 6.01 Å². The smallest absolute Gasteiger partial charge is 0.412 e. The summed E-state index contributed by atoms with van der Waals surface area (Å²) in [5.74, 6) is -1.15. The lowest BCUT2D eigenvalue weighted by Gasteiger charge is -2.41. The minimum absolute atomic E-state index is 0.00804. The van der Waals surface area contributed by atoms with Crippen molar-refractivity contribution in [1.82, 2.24) is 24.8 Å². The molecular weight excluding hydrogens is 739 g/mol. The number of pyridine rings is 1. The number of likely N-dealkylation sites (tertiary alicyclic amines) is 1. The van der Waals surface area contributed by atoms with Crippen LogP contribution in [0.3, 0.4) is 0 Å². The van der Waals surface area contributed by atoms with Crippen molar-refractivity contribution in [2.75, 3.05) is 50.1 Å². The molecule has 4 aromatic rings. The summed E-state index contributed by atoms with van der Waals surface area (Å²) in [5.41, 5.74) is -0.0533. The van der Waals surface area contributed by atoms with Crippen LogP contribution in [0.25, 0.3) is 32.2 Å². The van der Waals surface area contributed by atoms with Crippen molar-refractivity contribution in [2.24, 2.45) is 0 Å². The largest absolute Gasteiger partial charge is 0.465 e. The van der Waals surface area contributed by atoms with Gasteiger partial charge in [-0.2, -0.15) is 15.2 Å². The van der Waals surface area contributed by atoms with Crippen molar-refractivity contribution in [3.05, 3.63) is 34.5 Å². The highest BCUT2D eigenvalue weighted by Gasteiger charge is 2.44. The molecule has 290 valence electrons. The molecule has 18 heteroatoms. The molecule has 1 aromatic carbocycles. The summed E-state index contributed by atoms with van der Waals surface area (Å²) in [6.07, 6.45) is -0.300. The van der Waals surface area contributed by atoms with Gasteiger partial charge in [0.05, 0.1) is 47.4 Å². The number of nitrogens with one attached hydrogen (secondary N) is 1. The predicted octanol–water partition coefficient (Wildman–Crippen LogP) is 5.86. The Morgan fingerprint density at radius 3 is 2.53 bits per heavy atom. The Balaban J connectivity index is 1.32. The summed E-state index contributed by atoms with van der Waals surface area (Å²) in [5, 5.41) is 23.2. The molecule has 7 heterocycles. The van der Waals surface area contributed by atoms with E-state index in [1.807, 2.05) is 14.0 Å². The Labute approximate surface area is 318 Å². The van der Waals surface area contributed by atoms with Crippen LogP contribution in [0.2, 0.25) is 0 Å². The molecular formula is C37H40F2N8O7S. The summed E-state index contributed by atoms with van der Waals surface area (Å²) >= 11 is 0.818. The number of fused-ring (bicyclic) bond motifs is 6. The lowest BCUT2D eigenvalue weighted by Crippen LogP contribution is -2.55. The van der Waals surface area contributed by atoms with Crippen LogP contribution < -0.4 is 15.0 Å². The van der Waals surface area contributed by atoms with Crippen molar-refractivity contribution in [3.63, 3.8) is 0 Å². The second kappa shape index (κ2) is 14.0. The maximum Gasteiger partial charge on any atom is 0.412 e. The molecule has 4 aliphatic rings. The molecule has 8 rings (SSSR count). The number of anilines is 2. The van der Waals surface area contributed by atoms with Crippen LogP contribution in [0.15, 0.2) is 6.20 Å². The Morgan fingerprint density at radius 2 is 1.85 bits per heavy atom. The third-order valence-corrected chi connectivity index (χ3v) is 11.6. The average molecular weight is 779 g/mol. The molecule has 55 heavy (non-hydrogen) atoms. The van der Waals surface area contributed by atoms with E-state index in [0.29, 0.717) is 48.3 Å². The number of nitrogens with zero attached hydrogens (tertiary/aromatic N) is 7. The van der Waals surface area contributed by atoms with Crippen LogP contribution in [0.1, 0.15) is 57.2 Å². The normalized spacial score (nSPS) is 21.8. The Bertz CT molecular complexity index is 2260. The number of ether oxygens (including phenoxy) is 4. The Morgan fingerprint density at radius 1 is 1.13 bits per heavy atom. The van der Waals surface area contributed by atoms with Crippen LogP contribution >= 0.6 is 11.3 Å². The van der Waals surface area contributed by atoms with Crippen molar-refractivity contribution >= 4 is 55.3 Å². The number of hydrogen-bond donors (Lipinski definition) is 2. The highest BCUT2D eigenvalue weighted by atomic mass is 32.1. The maximum absolute atomic E-state index is 17.7. The molecule has 4 atom stereocenters. The van der Waals surface area contributed by atoms with E-state index in [-0.39, 0.29) is 87.9 Å². The zero-order valence-corrected chi connectivity index (χ0v) is 31.8. The van der Waals surface area contributed by atoms with E-state index in [4.69, 9.17) is 23.9 Å². The van der Waals surface area contributed by atoms with Crippen molar-refractivity contribution in [2.45, 2.75) is 83.6 Å².